The number of amides is 1. The third-order valence-corrected chi connectivity index (χ3v) is 6.77. The van der Waals surface area contributed by atoms with E-state index in [1.54, 1.807) is 10.6 Å². The predicted octanol–water partition coefficient (Wildman–Crippen LogP) is 4.07. The van der Waals surface area contributed by atoms with Gasteiger partial charge in [-0.3, -0.25) is 13.9 Å². The zero-order chi connectivity index (χ0) is 25.2. The molecule has 0 aliphatic carbocycles. The van der Waals surface area contributed by atoms with Crippen molar-refractivity contribution in [2.45, 2.75) is 38.8 Å². The highest BCUT2D eigenvalue weighted by molar-refractivity contribution is 6.08. The van der Waals surface area contributed by atoms with Crippen LogP contribution in [0, 0.1) is 0 Å². The number of rotatable bonds is 8. The smallest absolute Gasteiger partial charge is 0.274 e. The SMILES string of the molecule is CCc1nn(Cc2cccc(OCC3CCCN3)n2)c2cccc(NC(=O)c3cnc4ccccn34)c12. The molecule has 5 heterocycles. The number of nitrogens with zero attached hydrogens (tertiary/aromatic N) is 5. The number of fused-ring (bicyclic) bond motifs is 2. The molecule has 1 atom stereocenters. The Morgan fingerprint density at radius 1 is 1.16 bits per heavy atom. The quantitative estimate of drug-likeness (QED) is 0.337. The number of carbonyl (C=O) groups excluding carboxylic acids is 1. The number of aryl methyl sites for hydroxylation is 1. The topological polar surface area (TPSA) is 98.4 Å². The van der Waals surface area contributed by atoms with Crippen molar-refractivity contribution in [3.63, 3.8) is 0 Å². The fraction of sp³-hybridized carbons (Fsp3) is 0.286. The minimum atomic E-state index is -0.218. The maximum absolute atomic E-state index is 13.2. The lowest BCUT2D eigenvalue weighted by molar-refractivity contribution is 0.102. The number of imidazole rings is 1. The third kappa shape index (κ3) is 4.65. The van der Waals surface area contributed by atoms with E-state index in [2.05, 4.69) is 22.5 Å². The molecular weight excluding hydrogens is 466 g/mol. The van der Waals surface area contributed by atoms with Crippen molar-refractivity contribution in [3.05, 3.63) is 84.1 Å². The minimum absolute atomic E-state index is 0.218. The van der Waals surface area contributed by atoms with Gasteiger partial charge in [-0.15, -0.1) is 0 Å². The van der Waals surface area contributed by atoms with Gasteiger partial charge in [-0.25, -0.2) is 9.97 Å². The van der Waals surface area contributed by atoms with E-state index < -0.39 is 0 Å². The maximum atomic E-state index is 13.2. The van der Waals surface area contributed by atoms with Crippen molar-refractivity contribution in [3.8, 4) is 5.88 Å². The zero-order valence-corrected chi connectivity index (χ0v) is 20.7. The Balaban J connectivity index is 1.26. The first-order chi connectivity index (χ1) is 18.2. The summed E-state index contributed by atoms with van der Waals surface area (Å²) in [5.41, 5.74) is 4.66. The molecule has 0 saturated carbocycles. The Bertz CT molecular complexity index is 1570. The van der Waals surface area contributed by atoms with Crippen LogP contribution < -0.4 is 15.4 Å². The van der Waals surface area contributed by atoms with E-state index in [0.29, 0.717) is 30.8 Å². The summed E-state index contributed by atoms with van der Waals surface area (Å²) in [6, 6.07) is 17.8. The van der Waals surface area contributed by atoms with Crippen molar-refractivity contribution in [1.29, 1.82) is 0 Å². The lowest BCUT2D eigenvalue weighted by Crippen LogP contribution is -2.28. The molecule has 188 valence electrons. The largest absolute Gasteiger partial charge is 0.476 e. The molecule has 1 fully saturated rings. The molecule has 6 rings (SSSR count). The molecule has 1 aromatic carbocycles. The van der Waals surface area contributed by atoms with E-state index in [9.17, 15) is 4.79 Å². The Labute approximate surface area is 214 Å². The molecule has 1 unspecified atom stereocenters. The second kappa shape index (κ2) is 10.0. The molecule has 2 N–H and O–H groups in total. The first-order valence-corrected chi connectivity index (χ1v) is 12.7. The van der Waals surface area contributed by atoms with Crippen LogP contribution in [0.1, 0.15) is 41.6 Å². The van der Waals surface area contributed by atoms with Crippen LogP contribution in [0.4, 0.5) is 5.69 Å². The van der Waals surface area contributed by atoms with Crippen molar-refractivity contribution in [1.82, 2.24) is 29.5 Å². The Morgan fingerprint density at radius 3 is 2.95 bits per heavy atom. The van der Waals surface area contributed by atoms with E-state index in [1.807, 2.05) is 65.5 Å². The lowest BCUT2D eigenvalue weighted by Gasteiger charge is -2.12. The number of nitrogens with one attached hydrogen (secondary N) is 2. The van der Waals surface area contributed by atoms with Crippen LogP contribution in [-0.4, -0.2) is 49.2 Å². The van der Waals surface area contributed by atoms with Gasteiger partial charge in [-0.1, -0.05) is 25.1 Å². The standard InChI is InChI=1S/C28H29N7O2/c1-2-21-27-22(32-28(36)24-16-30-25-12-3-4-15-34(24)25)10-6-11-23(27)35(33-21)17-19-8-5-13-26(31-19)37-18-20-9-7-14-29-20/h3-6,8,10-13,15-16,20,29H,2,7,9,14,17-18H2,1H3,(H,32,36). The van der Waals surface area contributed by atoms with E-state index >= 15 is 0 Å². The zero-order valence-electron chi connectivity index (χ0n) is 20.7. The van der Waals surface area contributed by atoms with Crippen molar-refractivity contribution in [2.24, 2.45) is 0 Å². The molecule has 9 nitrogen and oxygen atoms in total. The summed E-state index contributed by atoms with van der Waals surface area (Å²) in [6.45, 7) is 4.24. The second-order valence-corrected chi connectivity index (χ2v) is 9.26. The average Bonchev–Trinajstić information content (AvgIpc) is 3.67. The molecule has 0 spiro atoms. The second-order valence-electron chi connectivity index (χ2n) is 9.26. The highest BCUT2D eigenvalue weighted by Crippen LogP contribution is 2.29. The van der Waals surface area contributed by atoms with Gasteiger partial charge in [0.25, 0.3) is 5.91 Å². The molecule has 0 bridgehead atoms. The van der Waals surface area contributed by atoms with Gasteiger partial charge in [-0.05, 0) is 56.1 Å². The van der Waals surface area contributed by atoms with Crippen LogP contribution in [0.3, 0.4) is 0 Å². The van der Waals surface area contributed by atoms with Gasteiger partial charge < -0.3 is 15.4 Å². The molecule has 0 radical (unpaired) electrons. The number of pyridine rings is 2. The van der Waals surface area contributed by atoms with Crippen LogP contribution in [0.25, 0.3) is 16.6 Å². The van der Waals surface area contributed by atoms with Gasteiger partial charge in [0, 0.05) is 23.7 Å². The molecule has 1 aliphatic rings. The fourth-order valence-electron chi connectivity index (χ4n) is 4.93. The first kappa shape index (κ1) is 23.2. The summed E-state index contributed by atoms with van der Waals surface area (Å²) in [7, 11) is 0. The van der Waals surface area contributed by atoms with Crippen molar-refractivity contribution in [2.75, 3.05) is 18.5 Å². The van der Waals surface area contributed by atoms with E-state index in [4.69, 9.17) is 14.8 Å². The summed E-state index contributed by atoms with van der Waals surface area (Å²) in [5.74, 6) is 0.406. The van der Waals surface area contributed by atoms with Crippen LogP contribution in [0.5, 0.6) is 5.88 Å². The summed E-state index contributed by atoms with van der Waals surface area (Å²) in [5, 5.41) is 12.4. The van der Waals surface area contributed by atoms with Crippen LogP contribution >= 0.6 is 0 Å². The van der Waals surface area contributed by atoms with Gasteiger partial charge in [0.15, 0.2) is 0 Å². The van der Waals surface area contributed by atoms with E-state index in [1.165, 1.54) is 6.42 Å². The lowest BCUT2D eigenvalue weighted by atomic mass is 10.1. The summed E-state index contributed by atoms with van der Waals surface area (Å²) >= 11 is 0. The molecular formula is C28H29N7O2. The Morgan fingerprint density at radius 2 is 2.08 bits per heavy atom. The van der Waals surface area contributed by atoms with Crippen molar-refractivity contribution < 1.29 is 9.53 Å². The average molecular weight is 496 g/mol. The summed E-state index contributed by atoms with van der Waals surface area (Å²) in [6.07, 6.45) is 6.49. The predicted molar refractivity (Wildman–Crippen MR) is 142 cm³/mol. The van der Waals surface area contributed by atoms with E-state index in [-0.39, 0.29) is 5.91 Å². The fourth-order valence-corrected chi connectivity index (χ4v) is 4.93. The molecule has 1 amide bonds. The van der Waals surface area contributed by atoms with Crippen LogP contribution in [-0.2, 0) is 13.0 Å². The monoisotopic (exact) mass is 495 g/mol. The molecule has 5 aromatic rings. The molecule has 37 heavy (non-hydrogen) atoms. The number of benzene rings is 1. The minimum Gasteiger partial charge on any atom is -0.476 e. The van der Waals surface area contributed by atoms with Crippen LogP contribution in [0.2, 0.25) is 0 Å². The highest BCUT2D eigenvalue weighted by atomic mass is 16.5. The first-order valence-electron chi connectivity index (χ1n) is 12.7. The van der Waals surface area contributed by atoms with Gasteiger partial charge in [0.05, 0.1) is 35.3 Å². The van der Waals surface area contributed by atoms with Crippen LogP contribution in [0.15, 0.2) is 67.0 Å². The Kier molecular flexibility index (Phi) is 6.28. The molecule has 9 heteroatoms. The molecule has 1 saturated heterocycles. The van der Waals surface area contributed by atoms with Gasteiger partial charge in [0.2, 0.25) is 5.88 Å². The maximum Gasteiger partial charge on any atom is 0.274 e. The number of hydrogen-bond acceptors (Lipinski definition) is 6. The van der Waals surface area contributed by atoms with Crippen molar-refractivity contribution >= 4 is 28.1 Å². The number of aromatic nitrogens is 5. The summed E-state index contributed by atoms with van der Waals surface area (Å²) in [4.78, 5) is 22.2. The number of ether oxygens (including phenoxy) is 1. The number of anilines is 1. The van der Waals surface area contributed by atoms with Gasteiger partial charge in [0.1, 0.15) is 17.9 Å². The summed E-state index contributed by atoms with van der Waals surface area (Å²) < 4.78 is 9.68. The normalized spacial score (nSPS) is 15.4. The third-order valence-electron chi connectivity index (χ3n) is 6.77. The Hall–Kier alpha value is -4.24. The molecule has 1 aliphatic heterocycles. The number of carbonyl (C=O) groups is 1. The number of hydrogen-bond donors (Lipinski definition) is 2. The highest BCUT2D eigenvalue weighted by Gasteiger charge is 2.18. The van der Waals surface area contributed by atoms with Gasteiger partial charge in [-0.2, -0.15) is 5.10 Å². The van der Waals surface area contributed by atoms with Gasteiger partial charge >= 0.3 is 0 Å². The molecule has 4 aromatic heterocycles. The van der Waals surface area contributed by atoms with E-state index in [0.717, 1.165) is 53.0 Å².